The molecule has 43 heavy (non-hydrogen) atoms. The van der Waals surface area contributed by atoms with Crippen LogP contribution in [0, 0.1) is 0 Å². The van der Waals surface area contributed by atoms with Crippen molar-refractivity contribution >= 4 is 27.8 Å². The standard InChI is InChI=1S/C41H27NO/c1-2-15-29(16-3-1)42(38-23-12-14-28-13-4-5-17-31(28)38)30-25-26-40-37(27-30)41(36-22-10-11-24-39(36)43-40)34-20-8-6-18-32(34)33-19-7-9-21-35(33)41/h1-27H. The van der Waals surface area contributed by atoms with Crippen LogP contribution in [0.4, 0.5) is 17.1 Å². The van der Waals surface area contributed by atoms with E-state index in [4.69, 9.17) is 4.74 Å². The number of hydrogen-bond donors (Lipinski definition) is 0. The van der Waals surface area contributed by atoms with Crippen LogP contribution >= 0.6 is 0 Å². The topological polar surface area (TPSA) is 12.5 Å². The molecule has 0 fully saturated rings. The number of benzene rings is 7. The van der Waals surface area contributed by atoms with E-state index in [1.807, 2.05) is 0 Å². The third-order valence-corrected chi connectivity index (χ3v) is 9.11. The van der Waals surface area contributed by atoms with Gasteiger partial charge in [-0.2, -0.15) is 0 Å². The smallest absolute Gasteiger partial charge is 0.132 e. The fraction of sp³-hybridized carbons (Fsp3) is 0.0244. The Hall–Kier alpha value is -5.60. The van der Waals surface area contributed by atoms with E-state index < -0.39 is 5.41 Å². The highest BCUT2D eigenvalue weighted by Gasteiger charge is 2.51. The summed E-state index contributed by atoms with van der Waals surface area (Å²) in [7, 11) is 0. The third kappa shape index (κ3) is 3.35. The zero-order chi connectivity index (χ0) is 28.4. The predicted octanol–water partition coefficient (Wildman–Crippen LogP) is 10.8. The van der Waals surface area contributed by atoms with Gasteiger partial charge in [0.05, 0.1) is 11.1 Å². The number of hydrogen-bond acceptors (Lipinski definition) is 2. The van der Waals surface area contributed by atoms with Gasteiger partial charge in [0.2, 0.25) is 0 Å². The number of fused-ring (bicyclic) bond motifs is 10. The van der Waals surface area contributed by atoms with Crippen LogP contribution in [-0.2, 0) is 5.41 Å². The second-order valence-electron chi connectivity index (χ2n) is 11.3. The number of nitrogens with zero attached hydrogens (tertiary/aromatic N) is 1. The van der Waals surface area contributed by atoms with Gasteiger partial charge in [0, 0.05) is 27.9 Å². The van der Waals surface area contributed by atoms with Crippen molar-refractivity contribution in [1.29, 1.82) is 0 Å². The summed E-state index contributed by atoms with van der Waals surface area (Å²) in [4.78, 5) is 2.38. The van der Waals surface area contributed by atoms with E-state index in [1.165, 1.54) is 38.6 Å². The minimum Gasteiger partial charge on any atom is -0.457 e. The normalized spacial score (nSPS) is 13.5. The molecule has 2 nitrogen and oxygen atoms in total. The Morgan fingerprint density at radius 2 is 1.02 bits per heavy atom. The van der Waals surface area contributed by atoms with Crippen molar-refractivity contribution in [3.63, 3.8) is 0 Å². The van der Waals surface area contributed by atoms with Gasteiger partial charge in [-0.25, -0.2) is 0 Å². The molecule has 202 valence electrons. The largest absolute Gasteiger partial charge is 0.457 e. The molecule has 9 rings (SSSR count). The lowest BCUT2D eigenvalue weighted by atomic mass is 9.66. The molecule has 1 spiro atoms. The first-order chi connectivity index (χ1) is 21.3. The fourth-order valence-electron chi connectivity index (χ4n) is 7.39. The van der Waals surface area contributed by atoms with E-state index in [9.17, 15) is 0 Å². The lowest BCUT2D eigenvalue weighted by molar-refractivity contribution is 0.436. The minimum absolute atomic E-state index is 0.505. The third-order valence-electron chi connectivity index (χ3n) is 9.11. The SMILES string of the molecule is c1ccc(N(c2ccc3c(c2)C2(c4ccccc4O3)c3ccccc3-c3ccccc32)c2cccc3ccccc23)cc1. The predicted molar refractivity (Wildman–Crippen MR) is 176 cm³/mol. The number of para-hydroxylation sites is 2. The van der Waals surface area contributed by atoms with Crippen molar-refractivity contribution in [2.24, 2.45) is 0 Å². The first-order valence-electron chi connectivity index (χ1n) is 14.8. The summed E-state index contributed by atoms with van der Waals surface area (Å²) >= 11 is 0. The van der Waals surface area contributed by atoms with Crippen LogP contribution in [0.15, 0.2) is 164 Å². The Labute approximate surface area is 251 Å². The molecule has 1 aliphatic carbocycles. The Kier molecular flexibility index (Phi) is 5.15. The van der Waals surface area contributed by atoms with Crippen LogP contribution in [-0.4, -0.2) is 0 Å². The van der Waals surface area contributed by atoms with Gasteiger partial charge in [-0.3, -0.25) is 0 Å². The Bertz CT molecular complexity index is 2130. The molecule has 0 N–H and O–H groups in total. The number of rotatable bonds is 3. The van der Waals surface area contributed by atoms with Crippen LogP contribution in [0.5, 0.6) is 11.5 Å². The first-order valence-corrected chi connectivity index (χ1v) is 14.8. The second kappa shape index (κ2) is 9.20. The van der Waals surface area contributed by atoms with Gasteiger partial charge in [-0.1, -0.05) is 121 Å². The van der Waals surface area contributed by atoms with Crippen molar-refractivity contribution < 1.29 is 4.74 Å². The maximum absolute atomic E-state index is 6.69. The van der Waals surface area contributed by atoms with Gasteiger partial charge in [0.1, 0.15) is 11.5 Å². The second-order valence-corrected chi connectivity index (χ2v) is 11.3. The minimum atomic E-state index is -0.505. The molecule has 0 aromatic heterocycles. The van der Waals surface area contributed by atoms with Gasteiger partial charge >= 0.3 is 0 Å². The van der Waals surface area contributed by atoms with Gasteiger partial charge in [0.25, 0.3) is 0 Å². The van der Waals surface area contributed by atoms with E-state index in [2.05, 4.69) is 169 Å². The Balaban J connectivity index is 1.37. The molecule has 0 saturated heterocycles. The van der Waals surface area contributed by atoms with E-state index >= 15 is 0 Å². The van der Waals surface area contributed by atoms with Gasteiger partial charge < -0.3 is 9.64 Å². The summed E-state index contributed by atoms with van der Waals surface area (Å²) in [5.74, 6) is 1.79. The molecule has 1 aliphatic heterocycles. The highest BCUT2D eigenvalue weighted by atomic mass is 16.5. The van der Waals surface area contributed by atoms with Gasteiger partial charge in [-0.15, -0.1) is 0 Å². The molecule has 0 amide bonds. The molecule has 2 heteroatoms. The zero-order valence-corrected chi connectivity index (χ0v) is 23.4. The average Bonchev–Trinajstić information content (AvgIpc) is 3.37. The summed E-state index contributed by atoms with van der Waals surface area (Å²) in [6.07, 6.45) is 0. The monoisotopic (exact) mass is 549 g/mol. The van der Waals surface area contributed by atoms with Crippen molar-refractivity contribution in [2.75, 3.05) is 4.90 Å². The summed E-state index contributed by atoms with van der Waals surface area (Å²) in [5.41, 5.74) is 10.3. The van der Waals surface area contributed by atoms with Crippen LogP contribution in [0.1, 0.15) is 22.3 Å². The lowest BCUT2D eigenvalue weighted by Gasteiger charge is -2.40. The fourth-order valence-corrected chi connectivity index (χ4v) is 7.39. The van der Waals surface area contributed by atoms with Crippen LogP contribution in [0.25, 0.3) is 21.9 Å². The molecule has 0 radical (unpaired) electrons. The van der Waals surface area contributed by atoms with Crippen LogP contribution < -0.4 is 9.64 Å². The molecule has 2 aliphatic rings. The van der Waals surface area contributed by atoms with Crippen molar-refractivity contribution in [3.8, 4) is 22.6 Å². The highest BCUT2D eigenvalue weighted by molar-refractivity contribution is 5.99. The summed E-state index contributed by atoms with van der Waals surface area (Å²) in [6, 6.07) is 58.8. The molecular weight excluding hydrogens is 522 g/mol. The van der Waals surface area contributed by atoms with Crippen molar-refractivity contribution in [1.82, 2.24) is 0 Å². The highest BCUT2D eigenvalue weighted by Crippen LogP contribution is 2.62. The average molecular weight is 550 g/mol. The number of anilines is 3. The van der Waals surface area contributed by atoms with E-state index in [0.29, 0.717) is 0 Å². The summed E-state index contributed by atoms with van der Waals surface area (Å²) in [6.45, 7) is 0. The maximum Gasteiger partial charge on any atom is 0.132 e. The van der Waals surface area contributed by atoms with Crippen LogP contribution in [0.3, 0.4) is 0 Å². The lowest BCUT2D eigenvalue weighted by Crippen LogP contribution is -2.32. The summed E-state index contributed by atoms with van der Waals surface area (Å²) in [5, 5.41) is 2.42. The molecule has 0 bridgehead atoms. The maximum atomic E-state index is 6.69. The molecule has 1 heterocycles. The quantitative estimate of drug-likeness (QED) is 0.217. The Morgan fingerprint density at radius 1 is 0.419 bits per heavy atom. The first kappa shape index (κ1) is 24.0. The van der Waals surface area contributed by atoms with Crippen molar-refractivity contribution in [3.05, 3.63) is 186 Å². The molecule has 7 aromatic rings. The van der Waals surface area contributed by atoms with Gasteiger partial charge in [0.15, 0.2) is 0 Å². The van der Waals surface area contributed by atoms with Crippen molar-refractivity contribution in [2.45, 2.75) is 5.41 Å². The Morgan fingerprint density at radius 3 is 1.81 bits per heavy atom. The zero-order valence-electron chi connectivity index (χ0n) is 23.4. The van der Waals surface area contributed by atoms with Crippen LogP contribution in [0.2, 0.25) is 0 Å². The molecule has 7 aromatic carbocycles. The molecule has 0 unspecified atom stereocenters. The molecular formula is C41H27NO. The van der Waals surface area contributed by atoms with Gasteiger partial charge in [-0.05, 0) is 70.1 Å². The van der Waals surface area contributed by atoms with E-state index in [-0.39, 0.29) is 0 Å². The summed E-state index contributed by atoms with van der Waals surface area (Å²) < 4.78 is 6.69. The molecule has 0 saturated carbocycles. The molecule has 0 atom stereocenters. The number of ether oxygens (including phenoxy) is 1. The van der Waals surface area contributed by atoms with E-state index in [1.54, 1.807) is 0 Å². The van der Waals surface area contributed by atoms with E-state index in [0.717, 1.165) is 34.1 Å².